The van der Waals surface area contributed by atoms with Gasteiger partial charge in [-0.25, -0.2) is 4.98 Å². The summed E-state index contributed by atoms with van der Waals surface area (Å²) in [5.74, 6) is -0.0867. The average molecular weight is 286 g/mol. The molecule has 1 aromatic carbocycles. The minimum Gasteiger partial charge on any atom is -0.348 e. The molecule has 2 rings (SSSR count). The van der Waals surface area contributed by atoms with Gasteiger partial charge in [0.2, 0.25) is 0 Å². The number of aromatic nitrogens is 1. The standard InChI is InChI=1S/C16H18N2OS/c1-4-10-17-15(19)14-11(3)18-16(20-14)13-8-6-12(5-2)7-9-13/h4,6-9H,1,5,10H2,2-3H3,(H,17,19). The van der Waals surface area contributed by atoms with Crippen LogP contribution in [-0.4, -0.2) is 17.4 Å². The van der Waals surface area contributed by atoms with E-state index in [2.05, 4.69) is 48.1 Å². The van der Waals surface area contributed by atoms with E-state index in [4.69, 9.17) is 0 Å². The third-order valence-corrected chi connectivity index (χ3v) is 4.22. The molecule has 4 heteroatoms. The summed E-state index contributed by atoms with van der Waals surface area (Å²) in [6.45, 7) is 8.05. The van der Waals surface area contributed by atoms with Gasteiger partial charge in [-0.15, -0.1) is 17.9 Å². The average Bonchev–Trinajstić information content (AvgIpc) is 2.87. The molecule has 0 saturated carbocycles. The fourth-order valence-corrected chi connectivity index (χ4v) is 2.85. The number of aryl methyl sites for hydroxylation is 2. The highest BCUT2D eigenvalue weighted by Crippen LogP contribution is 2.28. The molecule has 0 spiro atoms. The fourth-order valence-electron chi connectivity index (χ4n) is 1.86. The lowest BCUT2D eigenvalue weighted by Crippen LogP contribution is -2.22. The van der Waals surface area contributed by atoms with Crippen molar-refractivity contribution in [2.45, 2.75) is 20.3 Å². The van der Waals surface area contributed by atoms with Crippen LogP contribution in [-0.2, 0) is 6.42 Å². The molecule has 0 unspecified atom stereocenters. The summed E-state index contributed by atoms with van der Waals surface area (Å²) in [6.07, 6.45) is 2.69. The monoisotopic (exact) mass is 286 g/mol. The van der Waals surface area contributed by atoms with Crippen molar-refractivity contribution in [2.75, 3.05) is 6.54 Å². The van der Waals surface area contributed by atoms with E-state index in [0.29, 0.717) is 11.4 Å². The van der Waals surface area contributed by atoms with Crippen LogP contribution in [0.15, 0.2) is 36.9 Å². The summed E-state index contributed by atoms with van der Waals surface area (Å²) in [6, 6.07) is 8.32. The normalized spacial score (nSPS) is 10.3. The molecule has 1 N–H and O–H groups in total. The first-order valence-electron chi connectivity index (χ1n) is 6.61. The van der Waals surface area contributed by atoms with Crippen LogP contribution in [0, 0.1) is 6.92 Å². The van der Waals surface area contributed by atoms with Crippen molar-refractivity contribution in [2.24, 2.45) is 0 Å². The van der Waals surface area contributed by atoms with E-state index in [1.54, 1.807) is 6.08 Å². The molecule has 0 aliphatic carbocycles. The lowest BCUT2D eigenvalue weighted by Gasteiger charge is -1.99. The number of benzene rings is 1. The second-order valence-corrected chi connectivity index (χ2v) is 5.48. The van der Waals surface area contributed by atoms with Crippen LogP contribution in [0.5, 0.6) is 0 Å². The predicted molar refractivity (Wildman–Crippen MR) is 84.2 cm³/mol. The van der Waals surface area contributed by atoms with Gasteiger partial charge in [0.1, 0.15) is 9.88 Å². The van der Waals surface area contributed by atoms with E-state index in [1.165, 1.54) is 16.9 Å². The van der Waals surface area contributed by atoms with Gasteiger partial charge < -0.3 is 5.32 Å². The molecule has 20 heavy (non-hydrogen) atoms. The van der Waals surface area contributed by atoms with Gasteiger partial charge in [0, 0.05) is 12.1 Å². The molecule has 0 aliphatic heterocycles. The lowest BCUT2D eigenvalue weighted by molar-refractivity contribution is 0.0961. The van der Waals surface area contributed by atoms with Crippen LogP contribution in [0.3, 0.4) is 0 Å². The quantitative estimate of drug-likeness (QED) is 0.853. The third kappa shape index (κ3) is 3.14. The molecule has 0 fully saturated rings. The van der Waals surface area contributed by atoms with E-state index in [-0.39, 0.29) is 5.91 Å². The summed E-state index contributed by atoms with van der Waals surface area (Å²) in [7, 11) is 0. The van der Waals surface area contributed by atoms with Crippen molar-refractivity contribution in [1.82, 2.24) is 10.3 Å². The molecule has 0 saturated heterocycles. The lowest BCUT2D eigenvalue weighted by atomic mass is 10.1. The highest BCUT2D eigenvalue weighted by atomic mass is 32.1. The molecule has 1 heterocycles. The van der Waals surface area contributed by atoms with Crippen LogP contribution < -0.4 is 5.32 Å². The molecule has 0 aliphatic rings. The zero-order valence-corrected chi connectivity index (χ0v) is 12.6. The van der Waals surface area contributed by atoms with E-state index in [1.807, 2.05) is 6.92 Å². The Morgan fingerprint density at radius 2 is 2.10 bits per heavy atom. The number of rotatable bonds is 5. The van der Waals surface area contributed by atoms with Gasteiger partial charge in [0.25, 0.3) is 5.91 Å². The van der Waals surface area contributed by atoms with Gasteiger partial charge in [-0.2, -0.15) is 0 Å². The summed E-state index contributed by atoms with van der Waals surface area (Å²) in [5.41, 5.74) is 3.12. The van der Waals surface area contributed by atoms with Gasteiger partial charge in [-0.1, -0.05) is 37.3 Å². The van der Waals surface area contributed by atoms with Crippen LogP contribution in [0.1, 0.15) is 27.9 Å². The summed E-state index contributed by atoms with van der Waals surface area (Å²) >= 11 is 1.43. The first kappa shape index (κ1) is 14.5. The topological polar surface area (TPSA) is 42.0 Å². The number of nitrogens with zero attached hydrogens (tertiary/aromatic N) is 1. The first-order valence-corrected chi connectivity index (χ1v) is 7.43. The molecule has 3 nitrogen and oxygen atoms in total. The molecular formula is C16H18N2OS. The van der Waals surface area contributed by atoms with Crippen molar-refractivity contribution in [1.29, 1.82) is 0 Å². The van der Waals surface area contributed by atoms with Gasteiger partial charge in [-0.05, 0) is 18.9 Å². The maximum atomic E-state index is 12.0. The Morgan fingerprint density at radius 1 is 1.40 bits per heavy atom. The van der Waals surface area contributed by atoms with Crippen molar-refractivity contribution in [3.8, 4) is 10.6 Å². The van der Waals surface area contributed by atoms with E-state index in [9.17, 15) is 4.79 Å². The maximum Gasteiger partial charge on any atom is 0.263 e. The molecule has 2 aromatic rings. The summed E-state index contributed by atoms with van der Waals surface area (Å²) < 4.78 is 0. The van der Waals surface area contributed by atoms with Crippen LogP contribution >= 0.6 is 11.3 Å². The first-order chi connectivity index (χ1) is 9.65. The number of nitrogens with one attached hydrogen (secondary N) is 1. The molecule has 0 atom stereocenters. The maximum absolute atomic E-state index is 12.0. The minimum atomic E-state index is -0.0867. The Balaban J connectivity index is 2.25. The highest BCUT2D eigenvalue weighted by molar-refractivity contribution is 7.17. The Morgan fingerprint density at radius 3 is 2.70 bits per heavy atom. The Hall–Kier alpha value is -1.94. The number of hydrogen-bond donors (Lipinski definition) is 1. The number of amides is 1. The van der Waals surface area contributed by atoms with Crippen molar-refractivity contribution < 1.29 is 4.79 Å². The summed E-state index contributed by atoms with van der Waals surface area (Å²) in [4.78, 5) is 17.1. The van der Waals surface area contributed by atoms with Crippen molar-refractivity contribution in [3.63, 3.8) is 0 Å². The zero-order chi connectivity index (χ0) is 14.5. The van der Waals surface area contributed by atoms with E-state index < -0.39 is 0 Å². The van der Waals surface area contributed by atoms with Crippen LogP contribution in [0.4, 0.5) is 0 Å². The zero-order valence-electron chi connectivity index (χ0n) is 11.8. The molecule has 104 valence electrons. The summed E-state index contributed by atoms with van der Waals surface area (Å²) in [5, 5.41) is 3.67. The SMILES string of the molecule is C=CCNC(=O)c1sc(-c2ccc(CC)cc2)nc1C. The van der Waals surface area contributed by atoms with Gasteiger partial charge in [-0.3, -0.25) is 4.79 Å². The second-order valence-electron chi connectivity index (χ2n) is 4.48. The van der Waals surface area contributed by atoms with Gasteiger partial charge in [0.05, 0.1) is 5.69 Å². The third-order valence-electron chi connectivity index (χ3n) is 3.02. The van der Waals surface area contributed by atoms with E-state index in [0.717, 1.165) is 22.7 Å². The minimum absolute atomic E-state index is 0.0867. The predicted octanol–water partition coefficient (Wildman–Crippen LogP) is 3.60. The van der Waals surface area contributed by atoms with Crippen LogP contribution in [0.25, 0.3) is 10.6 Å². The fraction of sp³-hybridized carbons (Fsp3) is 0.250. The molecular weight excluding hydrogens is 268 g/mol. The Labute approximate surface area is 123 Å². The largest absolute Gasteiger partial charge is 0.348 e. The van der Waals surface area contributed by atoms with Gasteiger partial charge in [0.15, 0.2) is 0 Å². The Bertz CT molecular complexity index is 614. The van der Waals surface area contributed by atoms with Crippen molar-refractivity contribution >= 4 is 17.2 Å². The van der Waals surface area contributed by atoms with E-state index >= 15 is 0 Å². The van der Waals surface area contributed by atoms with Gasteiger partial charge >= 0.3 is 0 Å². The van der Waals surface area contributed by atoms with Crippen LogP contribution in [0.2, 0.25) is 0 Å². The number of thiazole rings is 1. The molecule has 1 amide bonds. The number of carbonyl (C=O) groups excluding carboxylic acids is 1. The number of hydrogen-bond acceptors (Lipinski definition) is 3. The Kier molecular flexibility index (Phi) is 4.69. The molecule has 0 radical (unpaired) electrons. The molecule has 1 aromatic heterocycles. The smallest absolute Gasteiger partial charge is 0.263 e. The van der Waals surface area contributed by atoms with Crippen molar-refractivity contribution in [3.05, 3.63) is 53.1 Å². The molecule has 0 bridgehead atoms. The second kappa shape index (κ2) is 6.48. The number of carbonyl (C=O) groups is 1. The highest BCUT2D eigenvalue weighted by Gasteiger charge is 2.15.